The van der Waals surface area contributed by atoms with E-state index in [4.69, 9.17) is 10.00 Å². The van der Waals surface area contributed by atoms with Crippen molar-refractivity contribution in [3.05, 3.63) is 41.3 Å². The first-order valence-electron chi connectivity index (χ1n) is 5.43. The molecule has 0 N–H and O–H groups in total. The molecule has 0 fully saturated rings. The summed E-state index contributed by atoms with van der Waals surface area (Å²) in [5.41, 5.74) is 1.76. The van der Waals surface area contributed by atoms with Crippen molar-refractivity contribution in [2.24, 2.45) is 4.99 Å². The van der Waals surface area contributed by atoms with Gasteiger partial charge < -0.3 is 4.74 Å². The molecule has 0 aliphatic rings. The summed E-state index contributed by atoms with van der Waals surface area (Å²) in [6.45, 7) is 1.76. The second-order valence-corrected chi connectivity index (χ2v) is 4.69. The molecule has 18 heavy (non-hydrogen) atoms. The zero-order chi connectivity index (χ0) is 13.0. The first-order chi connectivity index (χ1) is 8.74. The van der Waals surface area contributed by atoms with Gasteiger partial charge in [-0.2, -0.15) is 5.26 Å². The molecule has 0 saturated heterocycles. The molecule has 0 radical (unpaired) electrons. The fourth-order valence-electron chi connectivity index (χ4n) is 1.50. The van der Waals surface area contributed by atoms with Gasteiger partial charge in [-0.15, -0.1) is 11.3 Å². The number of benzene rings is 1. The summed E-state index contributed by atoms with van der Waals surface area (Å²) in [6, 6.07) is 14.0. The van der Waals surface area contributed by atoms with Gasteiger partial charge in [0.1, 0.15) is 10.9 Å². The highest BCUT2D eigenvalue weighted by Crippen LogP contribution is 2.35. The average molecular weight is 256 g/mol. The van der Waals surface area contributed by atoms with E-state index < -0.39 is 0 Å². The van der Waals surface area contributed by atoms with Crippen LogP contribution >= 0.6 is 11.3 Å². The Bertz CT molecular complexity index is 608. The van der Waals surface area contributed by atoms with E-state index in [0.29, 0.717) is 16.5 Å². The number of ether oxygens (including phenoxy) is 1. The molecule has 0 spiro atoms. The Morgan fingerprint density at radius 2 is 2.06 bits per heavy atom. The smallest absolute Gasteiger partial charge is 0.184 e. The Labute approximate surface area is 110 Å². The lowest BCUT2D eigenvalue weighted by atomic mass is 10.2. The van der Waals surface area contributed by atoms with E-state index in [-0.39, 0.29) is 0 Å². The highest BCUT2D eigenvalue weighted by Gasteiger charge is 2.09. The van der Waals surface area contributed by atoms with Gasteiger partial charge in [-0.25, -0.2) is 4.99 Å². The van der Waals surface area contributed by atoms with Crippen LogP contribution in [0.1, 0.15) is 11.8 Å². The maximum absolute atomic E-state index is 9.11. The van der Waals surface area contributed by atoms with Gasteiger partial charge in [-0.05, 0) is 11.6 Å². The molecule has 0 unspecified atom stereocenters. The van der Waals surface area contributed by atoms with Gasteiger partial charge in [0, 0.05) is 11.8 Å². The molecule has 0 saturated carbocycles. The zero-order valence-electron chi connectivity index (χ0n) is 10.2. The minimum atomic E-state index is 0.545. The lowest BCUT2D eigenvalue weighted by Crippen LogP contribution is -1.91. The van der Waals surface area contributed by atoms with E-state index in [1.54, 1.807) is 14.0 Å². The summed E-state index contributed by atoms with van der Waals surface area (Å²) >= 11 is 1.44. The van der Waals surface area contributed by atoms with Crippen molar-refractivity contribution in [2.75, 3.05) is 7.11 Å². The molecule has 0 atom stereocenters. The zero-order valence-corrected chi connectivity index (χ0v) is 11.0. The van der Waals surface area contributed by atoms with Crippen LogP contribution < -0.4 is 0 Å². The normalized spacial score (nSPS) is 11.1. The fraction of sp³-hybridized carbons (Fsp3) is 0.143. The monoisotopic (exact) mass is 256 g/mol. The van der Waals surface area contributed by atoms with E-state index in [0.717, 1.165) is 10.4 Å². The van der Waals surface area contributed by atoms with E-state index in [1.807, 2.05) is 36.4 Å². The third-order valence-electron chi connectivity index (χ3n) is 2.45. The van der Waals surface area contributed by atoms with Gasteiger partial charge in [-0.1, -0.05) is 30.3 Å². The molecule has 1 aromatic heterocycles. The Morgan fingerprint density at radius 1 is 1.33 bits per heavy atom. The van der Waals surface area contributed by atoms with Crippen LogP contribution in [0.15, 0.2) is 41.4 Å². The summed E-state index contributed by atoms with van der Waals surface area (Å²) in [7, 11) is 1.56. The van der Waals surface area contributed by atoms with Gasteiger partial charge in [0.2, 0.25) is 0 Å². The number of nitriles is 1. The van der Waals surface area contributed by atoms with Crippen molar-refractivity contribution in [1.29, 1.82) is 5.26 Å². The van der Waals surface area contributed by atoms with Crippen molar-refractivity contribution in [1.82, 2.24) is 0 Å². The summed E-state index contributed by atoms with van der Waals surface area (Å²) in [5.74, 6) is 0.545. The summed E-state index contributed by atoms with van der Waals surface area (Å²) in [6.07, 6.45) is 0. The average Bonchev–Trinajstić information content (AvgIpc) is 2.82. The lowest BCUT2D eigenvalue weighted by molar-refractivity contribution is 0.400. The van der Waals surface area contributed by atoms with E-state index in [2.05, 4.69) is 11.1 Å². The maximum Gasteiger partial charge on any atom is 0.184 e. The Kier molecular flexibility index (Phi) is 3.75. The van der Waals surface area contributed by atoms with Crippen molar-refractivity contribution in [2.45, 2.75) is 6.92 Å². The molecule has 90 valence electrons. The molecule has 2 rings (SSSR count). The van der Waals surface area contributed by atoms with Crippen LogP contribution in [0.25, 0.3) is 10.4 Å². The highest BCUT2D eigenvalue weighted by atomic mass is 32.1. The molecule has 0 amide bonds. The van der Waals surface area contributed by atoms with Gasteiger partial charge >= 0.3 is 0 Å². The summed E-state index contributed by atoms with van der Waals surface area (Å²) in [4.78, 5) is 5.92. The number of nitrogens with zero attached hydrogens (tertiary/aromatic N) is 2. The van der Waals surface area contributed by atoms with E-state index >= 15 is 0 Å². The number of rotatable bonds is 2. The minimum absolute atomic E-state index is 0.545. The molecule has 3 nitrogen and oxygen atoms in total. The molecule has 1 heterocycles. The van der Waals surface area contributed by atoms with Crippen LogP contribution in [0.2, 0.25) is 0 Å². The maximum atomic E-state index is 9.11. The second-order valence-electron chi connectivity index (χ2n) is 3.64. The van der Waals surface area contributed by atoms with Gasteiger partial charge in [0.05, 0.1) is 12.8 Å². The molecule has 0 bridgehead atoms. The lowest BCUT2D eigenvalue weighted by Gasteiger charge is -1.96. The number of hydrogen-bond donors (Lipinski definition) is 0. The molecule has 2 aromatic rings. The van der Waals surface area contributed by atoms with Crippen molar-refractivity contribution < 1.29 is 4.74 Å². The SMILES string of the molecule is COC(C)=Nc1cc(-c2ccccc2)sc1C#N. The number of methoxy groups -OCH3 is 1. The highest BCUT2D eigenvalue weighted by molar-refractivity contribution is 7.16. The largest absolute Gasteiger partial charge is 0.484 e. The molecular formula is C14H12N2OS. The number of aliphatic imine (C=N–C) groups is 1. The quantitative estimate of drug-likeness (QED) is 0.602. The predicted octanol–water partition coefficient (Wildman–Crippen LogP) is 3.98. The minimum Gasteiger partial charge on any atom is -0.484 e. The third-order valence-corrected chi connectivity index (χ3v) is 3.52. The Balaban J connectivity index is 2.46. The van der Waals surface area contributed by atoms with E-state index in [9.17, 15) is 0 Å². The van der Waals surface area contributed by atoms with Crippen molar-refractivity contribution in [3.63, 3.8) is 0 Å². The van der Waals surface area contributed by atoms with Crippen LogP contribution in [0.4, 0.5) is 5.69 Å². The third kappa shape index (κ3) is 2.58. The molecular weight excluding hydrogens is 244 g/mol. The van der Waals surface area contributed by atoms with E-state index in [1.165, 1.54) is 11.3 Å². The first-order valence-corrected chi connectivity index (χ1v) is 6.25. The van der Waals surface area contributed by atoms with Crippen LogP contribution in [0, 0.1) is 11.3 Å². The molecule has 1 aromatic carbocycles. The Hall–Kier alpha value is -2.12. The first kappa shape index (κ1) is 12.3. The molecule has 0 aliphatic heterocycles. The summed E-state index contributed by atoms with van der Waals surface area (Å²) in [5, 5.41) is 9.11. The van der Waals surface area contributed by atoms with Crippen molar-refractivity contribution in [3.8, 4) is 16.5 Å². The standard InChI is InChI=1S/C14H12N2OS/c1-10(17-2)16-12-8-13(18-14(12)9-15)11-6-4-3-5-7-11/h3-8H,1-2H3. The van der Waals surface area contributed by atoms with Crippen LogP contribution in [0.3, 0.4) is 0 Å². The van der Waals surface area contributed by atoms with Crippen molar-refractivity contribution >= 4 is 22.9 Å². The van der Waals surface area contributed by atoms with Crippen LogP contribution in [0.5, 0.6) is 0 Å². The number of hydrogen-bond acceptors (Lipinski definition) is 4. The fourth-order valence-corrected chi connectivity index (χ4v) is 2.40. The second kappa shape index (κ2) is 5.48. The van der Waals surface area contributed by atoms with Gasteiger partial charge in [-0.3, -0.25) is 0 Å². The number of thiophene rings is 1. The Morgan fingerprint density at radius 3 is 2.67 bits per heavy atom. The molecule has 0 aliphatic carbocycles. The summed E-state index contributed by atoms with van der Waals surface area (Å²) < 4.78 is 5.01. The molecule has 4 heteroatoms. The van der Waals surface area contributed by atoms with Crippen LogP contribution in [-0.2, 0) is 4.74 Å². The topological polar surface area (TPSA) is 45.4 Å². The van der Waals surface area contributed by atoms with Crippen LogP contribution in [-0.4, -0.2) is 13.0 Å². The van der Waals surface area contributed by atoms with Gasteiger partial charge in [0.25, 0.3) is 0 Å². The predicted molar refractivity (Wildman–Crippen MR) is 74.2 cm³/mol. The van der Waals surface area contributed by atoms with Gasteiger partial charge in [0.15, 0.2) is 5.90 Å².